The van der Waals surface area contributed by atoms with Crippen molar-refractivity contribution in [2.24, 2.45) is 0 Å². The number of anilines is 3. The minimum absolute atomic E-state index is 0.0761. The van der Waals surface area contributed by atoms with Gasteiger partial charge >= 0.3 is 0 Å². The summed E-state index contributed by atoms with van der Waals surface area (Å²) in [6.07, 6.45) is 0. The molecule has 120 valence electrons. The van der Waals surface area contributed by atoms with Crippen LogP contribution in [0.4, 0.5) is 26.1 Å². The SMILES string of the molecule is O=C(Nc1ccc(Nc2ccc(F)cc2)nn1)c1ccccc1F. The van der Waals surface area contributed by atoms with Gasteiger partial charge < -0.3 is 10.6 Å². The molecule has 2 aromatic carbocycles. The molecule has 0 aliphatic heterocycles. The number of amides is 1. The van der Waals surface area contributed by atoms with Gasteiger partial charge in [0.2, 0.25) is 0 Å². The fourth-order valence-corrected chi connectivity index (χ4v) is 1.98. The summed E-state index contributed by atoms with van der Waals surface area (Å²) >= 11 is 0. The monoisotopic (exact) mass is 326 g/mol. The molecule has 0 aliphatic rings. The Hall–Kier alpha value is -3.35. The normalized spacial score (nSPS) is 10.2. The van der Waals surface area contributed by atoms with Crippen molar-refractivity contribution in [3.63, 3.8) is 0 Å². The van der Waals surface area contributed by atoms with Gasteiger partial charge in [-0.1, -0.05) is 12.1 Å². The van der Waals surface area contributed by atoms with Gasteiger partial charge in [0.15, 0.2) is 11.6 Å². The second-order valence-corrected chi connectivity index (χ2v) is 4.87. The number of rotatable bonds is 4. The highest BCUT2D eigenvalue weighted by molar-refractivity contribution is 6.03. The average Bonchev–Trinajstić information content (AvgIpc) is 2.59. The van der Waals surface area contributed by atoms with E-state index in [1.807, 2.05) is 0 Å². The van der Waals surface area contributed by atoms with Crippen LogP contribution in [-0.4, -0.2) is 16.1 Å². The van der Waals surface area contributed by atoms with Gasteiger partial charge in [0.1, 0.15) is 11.6 Å². The number of halogens is 2. The summed E-state index contributed by atoms with van der Waals surface area (Å²) in [5.41, 5.74) is 0.571. The van der Waals surface area contributed by atoms with Crippen LogP contribution in [0.5, 0.6) is 0 Å². The Morgan fingerprint density at radius 3 is 2.17 bits per heavy atom. The summed E-state index contributed by atoms with van der Waals surface area (Å²) in [6, 6.07) is 14.5. The topological polar surface area (TPSA) is 66.9 Å². The predicted molar refractivity (Wildman–Crippen MR) is 86.1 cm³/mol. The van der Waals surface area contributed by atoms with Crippen molar-refractivity contribution in [2.75, 3.05) is 10.6 Å². The maximum absolute atomic E-state index is 13.5. The molecular weight excluding hydrogens is 314 g/mol. The lowest BCUT2D eigenvalue weighted by atomic mass is 10.2. The molecule has 0 aliphatic carbocycles. The fourth-order valence-electron chi connectivity index (χ4n) is 1.98. The molecule has 0 saturated carbocycles. The summed E-state index contributed by atoms with van der Waals surface area (Å²) in [6.45, 7) is 0. The summed E-state index contributed by atoms with van der Waals surface area (Å²) in [4.78, 5) is 12.0. The lowest BCUT2D eigenvalue weighted by molar-refractivity contribution is 0.102. The molecule has 3 aromatic rings. The molecule has 0 saturated heterocycles. The fraction of sp³-hybridized carbons (Fsp3) is 0. The zero-order valence-corrected chi connectivity index (χ0v) is 12.3. The molecule has 0 fully saturated rings. The van der Waals surface area contributed by atoms with Crippen molar-refractivity contribution in [3.8, 4) is 0 Å². The van der Waals surface area contributed by atoms with Gasteiger partial charge in [-0.15, -0.1) is 10.2 Å². The maximum Gasteiger partial charge on any atom is 0.259 e. The number of nitrogens with zero attached hydrogens (tertiary/aromatic N) is 2. The van der Waals surface area contributed by atoms with Crippen molar-refractivity contribution >= 4 is 23.2 Å². The van der Waals surface area contributed by atoms with Crippen LogP contribution in [0.25, 0.3) is 0 Å². The van der Waals surface area contributed by atoms with Crippen molar-refractivity contribution in [1.82, 2.24) is 10.2 Å². The van der Waals surface area contributed by atoms with E-state index in [1.54, 1.807) is 24.3 Å². The Labute approximate surface area is 136 Å². The van der Waals surface area contributed by atoms with E-state index in [-0.39, 0.29) is 17.2 Å². The van der Waals surface area contributed by atoms with Crippen LogP contribution in [0, 0.1) is 11.6 Å². The average molecular weight is 326 g/mol. The van der Waals surface area contributed by atoms with Crippen molar-refractivity contribution in [3.05, 3.63) is 77.9 Å². The third kappa shape index (κ3) is 3.70. The first-order valence-electron chi connectivity index (χ1n) is 7.04. The summed E-state index contributed by atoms with van der Waals surface area (Å²) in [5, 5.41) is 13.2. The maximum atomic E-state index is 13.5. The highest BCUT2D eigenvalue weighted by atomic mass is 19.1. The van der Waals surface area contributed by atoms with Gasteiger partial charge in [-0.3, -0.25) is 4.79 Å². The predicted octanol–water partition coefficient (Wildman–Crippen LogP) is 3.75. The van der Waals surface area contributed by atoms with Gasteiger partial charge in [-0.25, -0.2) is 8.78 Å². The molecule has 7 heteroatoms. The lowest BCUT2D eigenvalue weighted by Gasteiger charge is -2.07. The third-order valence-electron chi connectivity index (χ3n) is 3.14. The van der Waals surface area contributed by atoms with Gasteiger partial charge in [-0.2, -0.15) is 0 Å². The second kappa shape index (κ2) is 6.82. The Balaban J connectivity index is 1.67. The van der Waals surface area contributed by atoms with E-state index < -0.39 is 11.7 Å². The quantitative estimate of drug-likeness (QED) is 0.766. The van der Waals surface area contributed by atoms with Crippen LogP contribution in [-0.2, 0) is 0 Å². The number of benzene rings is 2. The van der Waals surface area contributed by atoms with E-state index in [9.17, 15) is 13.6 Å². The van der Waals surface area contributed by atoms with Gasteiger partial charge in [0.05, 0.1) is 5.56 Å². The largest absolute Gasteiger partial charge is 0.339 e. The molecule has 24 heavy (non-hydrogen) atoms. The van der Waals surface area contributed by atoms with Crippen LogP contribution in [0.1, 0.15) is 10.4 Å². The van der Waals surface area contributed by atoms with E-state index in [1.165, 1.54) is 36.4 Å². The number of nitrogens with one attached hydrogen (secondary N) is 2. The van der Waals surface area contributed by atoms with Crippen LogP contribution in [0.15, 0.2) is 60.7 Å². The number of hydrogen-bond donors (Lipinski definition) is 2. The van der Waals surface area contributed by atoms with Gasteiger partial charge in [0, 0.05) is 5.69 Å². The molecule has 0 unspecified atom stereocenters. The Kier molecular flexibility index (Phi) is 4.42. The first kappa shape index (κ1) is 15.5. The molecule has 2 N–H and O–H groups in total. The molecule has 0 bridgehead atoms. The van der Waals surface area contributed by atoms with Crippen LogP contribution in [0.3, 0.4) is 0 Å². The molecular formula is C17H12F2N4O. The molecule has 0 radical (unpaired) electrons. The Morgan fingerprint density at radius 2 is 1.50 bits per heavy atom. The van der Waals surface area contributed by atoms with Crippen molar-refractivity contribution < 1.29 is 13.6 Å². The Morgan fingerprint density at radius 1 is 0.833 bits per heavy atom. The van der Waals surface area contributed by atoms with Crippen LogP contribution < -0.4 is 10.6 Å². The highest BCUT2D eigenvalue weighted by Gasteiger charge is 2.11. The second-order valence-electron chi connectivity index (χ2n) is 4.87. The summed E-state index contributed by atoms with van der Waals surface area (Å²) < 4.78 is 26.4. The van der Waals surface area contributed by atoms with Crippen molar-refractivity contribution in [2.45, 2.75) is 0 Å². The minimum Gasteiger partial charge on any atom is -0.339 e. The standard InChI is InChI=1S/C17H12F2N4O/c18-11-5-7-12(8-6-11)20-15-9-10-16(23-22-15)21-17(24)13-3-1-2-4-14(13)19/h1-10H,(H,20,22)(H,21,23,24). The molecule has 0 atom stereocenters. The number of carbonyl (C=O) groups excluding carboxylic acids is 1. The number of hydrogen-bond acceptors (Lipinski definition) is 4. The van der Waals surface area contributed by atoms with Gasteiger partial charge in [-0.05, 0) is 48.5 Å². The van der Waals surface area contributed by atoms with Crippen LogP contribution >= 0.6 is 0 Å². The first-order chi connectivity index (χ1) is 11.6. The molecule has 1 aromatic heterocycles. The van der Waals surface area contributed by atoms with Crippen LogP contribution in [0.2, 0.25) is 0 Å². The van der Waals surface area contributed by atoms with Crippen molar-refractivity contribution in [1.29, 1.82) is 0 Å². The lowest BCUT2D eigenvalue weighted by Crippen LogP contribution is -2.15. The van der Waals surface area contributed by atoms with E-state index in [2.05, 4.69) is 20.8 Å². The molecule has 1 heterocycles. The molecule has 0 spiro atoms. The summed E-state index contributed by atoms with van der Waals surface area (Å²) in [7, 11) is 0. The molecule has 3 rings (SSSR count). The zero-order valence-electron chi connectivity index (χ0n) is 12.3. The third-order valence-corrected chi connectivity index (χ3v) is 3.14. The van der Waals surface area contributed by atoms with E-state index in [4.69, 9.17) is 0 Å². The first-order valence-corrected chi connectivity index (χ1v) is 7.04. The zero-order chi connectivity index (χ0) is 16.9. The van der Waals surface area contributed by atoms with E-state index in [0.717, 1.165) is 0 Å². The van der Waals surface area contributed by atoms with E-state index >= 15 is 0 Å². The van der Waals surface area contributed by atoms with E-state index in [0.29, 0.717) is 11.5 Å². The smallest absolute Gasteiger partial charge is 0.259 e. The minimum atomic E-state index is -0.613. The number of aromatic nitrogens is 2. The highest BCUT2D eigenvalue weighted by Crippen LogP contribution is 2.16. The molecule has 1 amide bonds. The summed E-state index contributed by atoms with van der Waals surface area (Å²) in [5.74, 6) is -0.949. The number of carbonyl (C=O) groups is 1. The molecule has 5 nitrogen and oxygen atoms in total. The Bertz CT molecular complexity index is 851. The van der Waals surface area contributed by atoms with Gasteiger partial charge in [0.25, 0.3) is 5.91 Å².